The van der Waals surface area contributed by atoms with Crippen molar-refractivity contribution in [3.8, 4) is 5.88 Å². The molecule has 0 saturated heterocycles. The maximum absolute atomic E-state index is 11.2. The Hall–Kier alpha value is -1.90. The number of hydrogen-bond acceptors (Lipinski definition) is 3. The third-order valence-corrected chi connectivity index (χ3v) is 2.33. The molecule has 0 unspecified atom stereocenters. The van der Waals surface area contributed by atoms with E-state index in [2.05, 4.69) is 4.98 Å². The maximum atomic E-state index is 11.2. The molecule has 0 bridgehead atoms. The molecule has 3 heteroatoms. The van der Waals surface area contributed by atoms with E-state index in [1.807, 2.05) is 18.2 Å². The quantitative estimate of drug-likeness (QED) is 0.700. The number of ether oxygens (including phenoxy) is 1. The smallest absolute Gasteiger partial charge is 0.221 e. The second-order valence-corrected chi connectivity index (χ2v) is 3.31. The normalized spacial score (nSPS) is 10.3. The summed E-state index contributed by atoms with van der Waals surface area (Å²) in [6.45, 7) is 1.56. The average molecular weight is 201 g/mol. The van der Waals surface area contributed by atoms with Crippen LogP contribution in [0, 0.1) is 0 Å². The fraction of sp³-hybridized carbons (Fsp3) is 0.167. The van der Waals surface area contributed by atoms with Gasteiger partial charge in [-0.15, -0.1) is 0 Å². The summed E-state index contributed by atoms with van der Waals surface area (Å²) >= 11 is 0. The van der Waals surface area contributed by atoms with E-state index in [1.165, 1.54) is 0 Å². The summed E-state index contributed by atoms with van der Waals surface area (Å²) in [5, 5.41) is 1.89. The average Bonchev–Trinajstić information content (AvgIpc) is 2.27. The molecule has 0 radical (unpaired) electrons. The first-order valence-corrected chi connectivity index (χ1v) is 4.66. The largest absolute Gasteiger partial charge is 0.481 e. The zero-order valence-corrected chi connectivity index (χ0v) is 8.65. The van der Waals surface area contributed by atoms with Crippen LogP contribution < -0.4 is 4.74 Å². The molecule has 2 rings (SSSR count). The number of carbonyl (C=O) groups is 1. The van der Waals surface area contributed by atoms with Crippen LogP contribution in [-0.4, -0.2) is 17.9 Å². The number of nitrogens with zero attached hydrogens (tertiary/aromatic N) is 1. The third kappa shape index (κ3) is 1.68. The van der Waals surface area contributed by atoms with Crippen molar-refractivity contribution in [3.63, 3.8) is 0 Å². The van der Waals surface area contributed by atoms with E-state index in [9.17, 15) is 4.79 Å². The van der Waals surface area contributed by atoms with Crippen LogP contribution in [0.2, 0.25) is 0 Å². The van der Waals surface area contributed by atoms with Gasteiger partial charge in [-0.1, -0.05) is 6.07 Å². The second-order valence-electron chi connectivity index (χ2n) is 3.31. The van der Waals surface area contributed by atoms with Gasteiger partial charge in [0, 0.05) is 17.1 Å². The number of rotatable bonds is 2. The van der Waals surface area contributed by atoms with Crippen molar-refractivity contribution >= 4 is 16.6 Å². The van der Waals surface area contributed by atoms with Gasteiger partial charge in [0.25, 0.3) is 0 Å². The van der Waals surface area contributed by atoms with E-state index in [-0.39, 0.29) is 5.78 Å². The van der Waals surface area contributed by atoms with E-state index in [4.69, 9.17) is 4.74 Å². The number of fused-ring (bicyclic) bond motifs is 1. The molecular weight excluding hydrogens is 190 g/mol. The third-order valence-electron chi connectivity index (χ3n) is 2.33. The van der Waals surface area contributed by atoms with Crippen molar-refractivity contribution in [2.75, 3.05) is 7.11 Å². The highest BCUT2D eigenvalue weighted by molar-refractivity contribution is 5.99. The molecule has 1 aromatic carbocycles. The van der Waals surface area contributed by atoms with Crippen LogP contribution in [0.1, 0.15) is 17.3 Å². The Morgan fingerprint density at radius 3 is 2.80 bits per heavy atom. The van der Waals surface area contributed by atoms with Gasteiger partial charge in [-0.05, 0) is 30.5 Å². The lowest BCUT2D eigenvalue weighted by Gasteiger charge is -2.04. The van der Waals surface area contributed by atoms with Crippen molar-refractivity contribution in [1.29, 1.82) is 0 Å². The van der Waals surface area contributed by atoms with Crippen LogP contribution in [-0.2, 0) is 0 Å². The summed E-state index contributed by atoms with van der Waals surface area (Å²) in [6, 6.07) is 7.36. The fourth-order valence-electron chi connectivity index (χ4n) is 1.53. The van der Waals surface area contributed by atoms with E-state index in [0.29, 0.717) is 11.4 Å². The summed E-state index contributed by atoms with van der Waals surface area (Å²) in [4.78, 5) is 15.3. The lowest BCUT2D eigenvalue weighted by atomic mass is 10.1. The van der Waals surface area contributed by atoms with E-state index in [1.54, 1.807) is 26.3 Å². The molecule has 0 amide bonds. The predicted molar refractivity (Wildman–Crippen MR) is 58.3 cm³/mol. The molecule has 0 saturated carbocycles. The number of benzene rings is 1. The molecule has 0 aliphatic heterocycles. The number of Topliss-reactive ketones (excluding diaryl/α,β-unsaturated/α-hetero) is 1. The van der Waals surface area contributed by atoms with Crippen LogP contribution in [0.15, 0.2) is 30.5 Å². The molecule has 3 nitrogen and oxygen atoms in total. The molecule has 2 aromatic rings. The van der Waals surface area contributed by atoms with Crippen molar-refractivity contribution in [3.05, 3.63) is 36.0 Å². The number of ketones is 1. The summed E-state index contributed by atoms with van der Waals surface area (Å²) in [5.41, 5.74) is 0.704. The first-order valence-electron chi connectivity index (χ1n) is 4.66. The van der Waals surface area contributed by atoms with Crippen LogP contribution >= 0.6 is 0 Å². The molecule has 0 atom stereocenters. The van der Waals surface area contributed by atoms with E-state index >= 15 is 0 Å². The molecular formula is C12H11NO2. The SMILES string of the molecule is COc1nccc2cc(C(C)=O)ccc12. The molecule has 0 N–H and O–H groups in total. The zero-order valence-electron chi connectivity index (χ0n) is 8.65. The van der Waals surface area contributed by atoms with E-state index in [0.717, 1.165) is 10.8 Å². The Bertz CT molecular complexity index is 520. The van der Waals surface area contributed by atoms with Gasteiger partial charge in [0.05, 0.1) is 7.11 Å². The molecule has 15 heavy (non-hydrogen) atoms. The lowest BCUT2D eigenvalue weighted by molar-refractivity contribution is 0.101. The van der Waals surface area contributed by atoms with E-state index < -0.39 is 0 Å². The van der Waals surface area contributed by atoms with Gasteiger partial charge >= 0.3 is 0 Å². The van der Waals surface area contributed by atoms with Gasteiger partial charge in [0.1, 0.15) is 0 Å². The number of hydrogen-bond donors (Lipinski definition) is 0. The monoisotopic (exact) mass is 201 g/mol. The summed E-state index contributed by atoms with van der Waals surface area (Å²) in [7, 11) is 1.58. The summed E-state index contributed by atoms with van der Waals surface area (Å²) in [5.74, 6) is 0.648. The maximum Gasteiger partial charge on any atom is 0.221 e. The highest BCUT2D eigenvalue weighted by atomic mass is 16.5. The Morgan fingerprint density at radius 1 is 1.33 bits per heavy atom. The molecule has 0 fully saturated rings. The molecule has 1 heterocycles. The molecule has 0 aliphatic rings. The first-order chi connectivity index (χ1) is 7.22. The van der Waals surface area contributed by atoms with Crippen LogP contribution in [0.3, 0.4) is 0 Å². The van der Waals surface area contributed by atoms with Gasteiger partial charge in [-0.25, -0.2) is 4.98 Å². The molecule has 0 aliphatic carbocycles. The molecule has 0 spiro atoms. The Labute approximate surface area is 87.7 Å². The van der Waals surface area contributed by atoms with Crippen molar-refractivity contribution in [2.24, 2.45) is 0 Å². The van der Waals surface area contributed by atoms with Crippen molar-refractivity contribution in [2.45, 2.75) is 6.92 Å². The van der Waals surface area contributed by atoms with Crippen molar-refractivity contribution in [1.82, 2.24) is 4.98 Å². The first kappa shape index (κ1) is 9.65. The summed E-state index contributed by atoms with van der Waals surface area (Å²) < 4.78 is 5.13. The number of pyridine rings is 1. The minimum atomic E-state index is 0.0627. The highest BCUT2D eigenvalue weighted by Gasteiger charge is 2.04. The molecule has 1 aromatic heterocycles. The number of carbonyl (C=O) groups excluding carboxylic acids is 1. The van der Waals surface area contributed by atoms with Gasteiger partial charge in [0.15, 0.2) is 5.78 Å². The standard InChI is InChI=1S/C12H11NO2/c1-8(14)9-3-4-11-10(7-9)5-6-13-12(11)15-2/h3-7H,1-2H3. The summed E-state index contributed by atoms with van der Waals surface area (Å²) in [6.07, 6.45) is 1.67. The predicted octanol–water partition coefficient (Wildman–Crippen LogP) is 2.45. The minimum absolute atomic E-state index is 0.0627. The van der Waals surface area contributed by atoms with Gasteiger partial charge < -0.3 is 4.74 Å². The van der Waals surface area contributed by atoms with Crippen molar-refractivity contribution < 1.29 is 9.53 Å². The Kier molecular flexibility index (Phi) is 2.37. The minimum Gasteiger partial charge on any atom is -0.481 e. The van der Waals surface area contributed by atoms with Crippen LogP contribution in [0.25, 0.3) is 10.8 Å². The van der Waals surface area contributed by atoms with Gasteiger partial charge in [-0.3, -0.25) is 4.79 Å². The second kappa shape index (κ2) is 3.69. The zero-order chi connectivity index (χ0) is 10.8. The Morgan fingerprint density at radius 2 is 2.13 bits per heavy atom. The Balaban J connectivity index is 2.69. The van der Waals surface area contributed by atoms with Crippen LogP contribution in [0.4, 0.5) is 0 Å². The van der Waals surface area contributed by atoms with Crippen LogP contribution in [0.5, 0.6) is 5.88 Å². The fourth-order valence-corrected chi connectivity index (χ4v) is 1.53. The highest BCUT2D eigenvalue weighted by Crippen LogP contribution is 2.23. The number of aromatic nitrogens is 1. The topological polar surface area (TPSA) is 39.2 Å². The number of methoxy groups -OCH3 is 1. The van der Waals surface area contributed by atoms with Gasteiger partial charge in [-0.2, -0.15) is 0 Å². The van der Waals surface area contributed by atoms with Gasteiger partial charge in [0.2, 0.25) is 5.88 Å². The molecule has 76 valence electrons. The lowest BCUT2D eigenvalue weighted by Crippen LogP contribution is -1.93.